The highest BCUT2D eigenvalue weighted by Crippen LogP contribution is 2.22. The van der Waals surface area contributed by atoms with Crippen LogP contribution in [0.4, 0.5) is 5.69 Å². The third-order valence-corrected chi connectivity index (χ3v) is 5.79. The number of benzene rings is 1. The molecule has 1 aromatic carbocycles. The number of amides is 1. The lowest BCUT2D eigenvalue weighted by Crippen LogP contribution is -2.17. The largest absolute Gasteiger partial charge is 0.326 e. The van der Waals surface area contributed by atoms with Crippen LogP contribution in [0.1, 0.15) is 17.0 Å². The molecular weight excluding hydrogens is 424 g/mol. The summed E-state index contributed by atoms with van der Waals surface area (Å²) in [6, 6.07) is 9.46. The number of aryl methyl sites for hydroxylation is 2. The fraction of sp³-hybridized carbons (Fsp3) is 0.182. The van der Waals surface area contributed by atoms with E-state index in [0.717, 1.165) is 33.9 Å². The Bertz CT molecular complexity index is 1420. The van der Waals surface area contributed by atoms with E-state index in [0.29, 0.717) is 16.7 Å². The van der Waals surface area contributed by atoms with Gasteiger partial charge in [0.25, 0.3) is 5.78 Å². The van der Waals surface area contributed by atoms with Gasteiger partial charge in [0.15, 0.2) is 0 Å². The Morgan fingerprint density at radius 1 is 1.09 bits per heavy atom. The molecule has 0 unspecified atom stereocenters. The summed E-state index contributed by atoms with van der Waals surface area (Å²) < 4.78 is 3.57. The van der Waals surface area contributed by atoms with E-state index in [4.69, 9.17) is 0 Å². The second-order valence-electron chi connectivity index (χ2n) is 7.33. The van der Waals surface area contributed by atoms with Gasteiger partial charge >= 0.3 is 0 Å². The molecule has 4 heterocycles. The van der Waals surface area contributed by atoms with Gasteiger partial charge in [-0.3, -0.25) is 9.20 Å². The van der Waals surface area contributed by atoms with Gasteiger partial charge in [-0.25, -0.2) is 19.5 Å². The molecule has 0 saturated carbocycles. The van der Waals surface area contributed by atoms with Gasteiger partial charge in [0.2, 0.25) is 16.8 Å². The predicted molar refractivity (Wildman–Crippen MR) is 123 cm³/mol. The van der Waals surface area contributed by atoms with Crippen molar-refractivity contribution in [2.24, 2.45) is 0 Å². The first-order valence-electron chi connectivity index (χ1n) is 9.98. The Hall–Kier alpha value is -3.79. The van der Waals surface area contributed by atoms with Gasteiger partial charge in [-0.2, -0.15) is 4.98 Å². The number of anilines is 1. The monoisotopic (exact) mass is 444 g/mol. The highest BCUT2D eigenvalue weighted by Gasteiger charge is 2.16. The molecule has 0 atom stereocenters. The van der Waals surface area contributed by atoms with E-state index in [1.54, 1.807) is 10.7 Å². The molecule has 0 aliphatic carbocycles. The molecule has 0 aliphatic heterocycles. The quantitative estimate of drug-likeness (QED) is 0.415. The summed E-state index contributed by atoms with van der Waals surface area (Å²) in [6.07, 6.45) is 7.67. The first-order chi connectivity index (χ1) is 15.5. The molecule has 0 aliphatic rings. The summed E-state index contributed by atoms with van der Waals surface area (Å²) in [5, 5.41) is 8.06. The molecule has 0 saturated heterocycles. The number of carbonyl (C=O) groups excluding carboxylic acids is 1. The van der Waals surface area contributed by atoms with Crippen molar-refractivity contribution in [2.45, 2.75) is 25.4 Å². The van der Waals surface area contributed by atoms with Crippen molar-refractivity contribution in [3.05, 3.63) is 65.9 Å². The number of hydrogen-bond donors (Lipinski definition) is 1. The fourth-order valence-corrected chi connectivity index (χ4v) is 3.93. The molecule has 10 heteroatoms. The zero-order valence-corrected chi connectivity index (χ0v) is 18.6. The molecule has 5 rings (SSSR count). The Morgan fingerprint density at radius 2 is 1.91 bits per heavy atom. The highest BCUT2D eigenvalue weighted by molar-refractivity contribution is 7.98. The van der Waals surface area contributed by atoms with Crippen LogP contribution in [0.3, 0.4) is 0 Å². The molecule has 5 aromatic rings. The van der Waals surface area contributed by atoms with Crippen LogP contribution >= 0.6 is 11.8 Å². The minimum Gasteiger partial charge on any atom is -0.326 e. The number of aromatic nitrogens is 7. The molecule has 0 radical (unpaired) electrons. The number of hydrogen-bond acceptors (Lipinski definition) is 7. The van der Waals surface area contributed by atoms with E-state index >= 15 is 0 Å². The van der Waals surface area contributed by atoms with E-state index < -0.39 is 0 Å². The lowest BCUT2D eigenvalue weighted by molar-refractivity contribution is -0.115. The first kappa shape index (κ1) is 20.1. The third-order valence-electron chi connectivity index (χ3n) is 5.25. The van der Waals surface area contributed by atoms with Crippen LogP contribution < -0.4 is 5.32 Å². The SMILES string of the molecule is CSc1nc2nc(C)c(CC(=O)Nc3ccc(-c4cn5cccnc5n4)cc3)c(C)n2n1. The molecule has 4 aromatic heterocycles. The Balaban J connectivity index is 1.33. The van der Waals surface area contributed by atoms with E-state index in [2.05, 4.69) is 30.4 Å². The van der Waals surface area contributed by atoms with E-state index in [-0.39, 0.29) is 12.3 Å². The normalized spacial score (nSPS) is 11.3. The van der Waals surface area contributed by atoms with Crippen LogP contribution in [0.5, 0.6) is 0 Å². The number of rotatable bonds is 5. The summed E-state index contributed by atoms with van der Waals surface area (Å²) in [7, 11) is 0. The van der Waals surface area contributed by atoms with Gasteiger partial charge in [-0.05, 0) is 38.3 Å². The lowest BCUT2D eigenvalue weighted by Gasteiger charge is -2.11. The van der Waals surface area contributed by atoms with Crippen LogP contribution in [0.25, 0.3) is 22.8 Å². The van der Waals surface area contributed by atoms with Crippen molar-refractivity contribution in [3.8, 4) is 11.3 Å². The molecule has 0 spiro atoms. The Kier molecular flexibility index (Phi) is 5.06. The van der Waals surface area contributed by atoms with Crippen molar-refractivity contribution >= 4 is 34.9 Å². The number of imidazole rings is 1. The highest BCUT2D eigenvalue weighted by atomic mass is 32.2. The van der Waals surface area contributed by atoms with Gasteiger partial charge in [0, 0.05) is 46.8 Å². The smallest absolute Gasteiger partial charge is 0.253 e. The number of fused-ring (bicyclic) bond motifs is 2. The minimum absolute atomic E-state index is 0.118. The lowest BCUT2D eigenvalue weighted by atomic mass is 10.1. The van der Waals surface area contributed by atoms with Crippen LogP contribution in [0.2, 0.25) is 0 Å². The Labute approximate surface area is 188 Å². The number of thioether (sulfide) groups is 1. The molecule has 1 amide bonds. The van der Waals surface area contributed by atoms with Crippen molar-refractivity contribution in [3.63, 3.8) is 0 Å². The molecule has 160 valence electrons. The van der Waals surface area contributed by atoms with Crippen molar-refractivity contribution in [1.29, 1.82) is 0 Å². The molecule has 1 N–H and O–H groups in total. The summed E-state index contributed by atoms with van der Waals surface area (Å²) in [5.41, 5.74) is 4.99. The average molecular weight is 445 g/mol. The zero-order valence-electron chi connectivity index (χ0n) is 17.8. The van der Waals surface area contributed by atoms with Crippen molar-refractivity contribution in [2.75, 3.05) is 11.6 Å². The van der Waals surface area contributed by atoms with Gasteiger partial charge in [-0.15, -0.1) is 5.10 Å². The average Bonchev–Trinajstić information content (AvgIpc) is 3.41. The molecule has 32 heavy (non-hydrogen) atoms. The van der Waals surface area contributed by atoms with Gasteiger partial charge < -0.3 is 5.32 Å². The minimum atomic E-state index is -0.118. The summed E-state index contributed by atoms with van der Waals surface area (Å²) in [6.45, 7) is 3.82. The standard InChI is InChI=1S/C22H20N8OS/c1-13-17(14(2)30-21(24-13)27-22(28-30)32-3)11-19(31)25-16-7-5-15(6-8-16)18-12-29-10-4-9-23-20(29)26-18/h4-10,12H,11H2,1-3H3,(H,25,31). The molecular formula is C22H20N8OS. The van der Waals surface area contributed by atoms with Crippen LogP contribution in [-0.4, -0.2) is 46.1 Å². The van der Waals surface area contributed by atoms with Crippen molar-refractivity contribution < 1.29 is 4.79 Å². The van der Waals surface area contributed by atoms with Crippen LogP contribution in [0.15, 0.2) is 54.1 Å². The second kappa shape index (κ2) is 8.04. The first-order valence-corrected chi connectivity index (χ1v) is 11.2. The number of nitrogens with zero attached hydrogens (tertiary/aromatic N) is 7. The fourth-order valence-electron chi connectivity index (χ4n) is 3.59. The zero-order chi connectivity index (χ0) is 22.2. The molecule has 0 fully saturated rings. The molecule has 0 bridgehead atoms. The maximum atomic E-state index is 12.7. The predicted octanol–water partition coefficient (Wildman–Crippen LogP) is 3.35. The topological polar surface area (TPSA) is 102 Å². The maximum Gasteiger partial charge on any atom is 0.253 e. The summed E-state index contributed by atoms with van der Waals surface area (Å²) in [4.78, 5) is 30.4. The van der Waals surface area contributed by atoms with Crippen LogP contribution in [0, 0.1) is 13.8 Å². The van der Waals surface area contributed by atoms with E-state index in [1.165, 1.54) is 11.8 Å². The summed E-state index contributed by atoms with van der Waals surface area (Å²) >= 11 is 1.46. The van der Waals surface area contributed by atoms with E-state index in [1.807, 2.05) is 67.2 Å². The van der Waals surface area contributed by atoms with Gasteiger partial charge in [0.05, 0.1) is 12.1 Å². The van der Waals surface area contributed by atoms with Gasteiger partial charge in [-0.1, -0.05) is 23.9 Å². The third kappa shape index (κ3) is 3.69. The van der Waals surface area contributed by atoms with E-state index in [9.17, 15) is 4.79 Å². The number of nitrogens with one attached hydrogen (secondary N) is 1. The van der Waals surface area contributed by atoms with Crippen LogP contribution in [-0.2, 0) is 11.2 Å². The maximum absolute atomic E-state index is 12.7. The van der Waals surface area contributed by atoms with Crippen molar-refractivity contribution in [1.82, 2.24) is 34.0 Å². The second-order valence-corrected chi connectivity index (χ2v) is 8.10. The number of carbonyl (C=O) groups is 1. The van der Waals surface area contributed by atoms with Gasteiger partial charge in [0.1, 0.15) is 0 Å². The summed E-state index contributed by atoms with van der Waals surface area (Å²) in [5.74, 6) is 1.08. The molecule has 9 nitrogen and oxygen atoms in total. The Morgan fingerprint density at radius 3 is 2.66 bits per heavy atom.